The molecule has 0 aliphatic carbocycles. The average Bonchev–Trinajstić information content (AvgIpc) is 3.44. The lowest BCUT2D eigenvalue weighted by Crippen LogP contribution is -2.31. The lowest BCUT2D eigenvalue weighted by molar-refractivity contribution is 0.0935. The summed E-state index contributed by atoms with van der Waals surface area (Å²) in [7, 11) is -3.73. The molecule has 4 aromatic rings. The van der Waals surface area contributed by atoms with Crippen molar-refractivity contribution in [2.75, 3.05) is 5.75 Å². The molecule has 0 radical (unpaired) electrons. The van der Waals surface area contributed by atoms with E-state index >= 15 is 0 Å². The van der Waals surface area contributed by atoms with Crippen LogP contribution in [-0.2, 0) is 16.4 Å². The van der Waals surface area contributed by atoms with Crippen molar-refractivity contribution in [2.45, 2.75) is 24.4 Å². The molecule has 0 saturated carbocycles. The summed E-state index contributed by atoms with van der Waals surface area (Å²) >= 11 is 0. The molecule has 14 heteroatoms. The Kier molecular flexibility index (Phi) is 6.32. The Labute approximate surface area is 214 Å². The largest absolute Gasteiger partial charge is 0.347 e. The van der Waals surface area contributed by atoms with Crippen LogP contribution in [0, 0.1) is 12.7 Å². The van der Waals surface area contributed by atoms with Gasteiger partial charge in [-0.3, -0.25) is 14.6 Å². The molecule has 1 atom stereocenters. The second-order valence-electron chi connectivity index (χ2n) is 8.64. The number of carbonyl (C=O) groups is 2. The van der Waals surface area contributed by atoms with Crippen LogP contribution in [0.25, 0.3) is 11.4 Å². The topological polar surface area (TPSA) is 180 Å². The summed E-state index contributed by atoms with van der Waals surface area (Å²) in [6.07, 6.45) is 1.06. The van der Waals surface area contributed by atoms with Crippen LogP contribution in [0.2, 0.25) is 0 Å². The first-order valence-corrected chi connectivity index (χ1v) is 12.9. The minimum absolute atomic E-state index is 0.0166. The van der Waals surface area contributed by atoms with Gasteiger partial charge in [-0.25, -0.2) is 32.7 Å². The van der Waals surface area contributed by atoms with Crippen LogP contribution in [0.5, 0.6) is 0 Å². The SMILES string of the molecule is Cc1cc(CNC(=O)c2cc(C(=O)N[C@H]3CS(=O)(=O)c4cc(-c5n[nH]c(=O)[nH]5)ccc43)ncn2)ccc1F. The molecule has 38 heavy (non-hydrogen) atoms. The smallest absolute Gasteiger partial charge is 0.340 e. The Bertz CT molecular complexity index is 1750. The monoisotopic (exact) mass is 537 g/mol. The number of rotatable bonds is 6. The Hall–Kier alpha value is -4.72. The number of sulfone groups is 1. The molecule has 3 heterocycles. The molecular weight excluding hydrogens is 517 g/mol. The van der Waals surface area contributed by atoms with Crippen LogP contribution in [0.4, 0.5) is 4.39 Å². The summed E-state index contributed by atoms with van der Waals surface area (Å²) in [4.78, 5) is 47.1. The molecule has 0 spiro atoms. The number of H-pyrrole nitrogens is 2. The first kappa shape index (κ1) is 25.0. The van der Waals surface area contributed by atoms with E-state index in [4.69, 9.17) is 0 Å². The molecule has 0 unspecified atom stereocenters. The lowest BCUT2D eigenvalue weighted by atomic mass is 10.1. The van der Waals surface area contributed by atoms with Crippen LogP contribution < -0.4 is 16.3 Å². The van der Waals surface area contributed by atoms with Crippen molar-refractivity contribution in [3.63, 3.8) is 0 Å². The summed E-state index contributed by atoms with van der Waals surface area (Å²) in [6.45, 7) is 1.74. The normalized spacial score (nSPS) is 15.6. The fourth-order valence-corrected chi connectivity index (χ4v) is 5.85. The first-order valence-electron chi connectivity index (χ1n) is 11.3. The highest BCUT2D eigenvalue weighted by molar-refractivity contribution is 7.91. The maximum absolute atomic E-state index is 13.5. The summed E-state index contributed by atoms with van der Waals surface area (Å²) in [5.74, 6) is -1.80. The van der Waals surface area contributed by atoms with Gasteiger partial charge in [0.1, 0.15) is 23.5 Å². The van der Waals surface area contributed by atoms with E-state index in [1.54, 1.807) is 31.2 Å². The standard InChI is InChI=1S/C24H20FN7O5S/c1-12-6-13(2-5-16(12)25)9-26-22(33)17-8-18(28-11-27-17)23(34)29-19-10-38(36,37)20-7-14(3-4-15(19)20)21-30-24(35)32-31-21/h2-8,11,19H,9-10H2,1H3,(H,26,33)(H,29,34)(H2,30,31,32,35)/t19-/m0/s1. The van der Waals surface area contributed by atoms with Gasteiger partial charge >= 0.3 is 5.69 Å². The maximum Gasteiger partial charge on any atom is 0.340 e. The van der Waals surface area contributed by atoms with Crippen molar-refractivity contribution in [2.24, 2.45) is 0 Å². The van der Waals surface area contributed by atoms with Crippen LogP contribution in [0.15, 0.2) is 58.5 Å². The zero-order valence-electron chi connectivity index (χ0n) is 19.8. The van der Waals surface area contributed by atoms with Crippen LogP contribution in [0.1, 0.15) is 43.7 Å². The lowest BCUT2D eigenvalue weighted by Gasteiger charge is -2.13. The number of carbonyl (C=O) groups excluding carboxylic acids is 2. The zero-order valence-corrected chi connectivity index (χ0v) is 20.6. The van der Waals surface area contributed by atoms with Gasteiger partial charge in [0.15, 0.2) is 15.7 Å². The van der Waals surface area contributed by atoms with E-state index in [0.29, 0.717) is 22.3 Å². The molecule has 2 aromatic heterocycles. The highest BCUT2D eigenvalue weighted by atomic mass is 32.2. The molecule has 0 bridgehead atoms. The second kappa shape index (κ2) is 9.63. The number of aromatic amines is 2. The van der Waals surface area contributed by atoms with Gasteiger partial charge in [0.25, 0.3) is 11.8 Å². The van der Waals surface area contributed by atoms with Crippen molar-refractivity contribution < 1.29 is 22.4 Å². The molecule has 0 saturated heterocycles. The number of nitrogens with one attached hydrogen (secondary N) is 4. The summed E-state index contributed by atoms with van der Waals surface area (Å²) in [6, 6.07) is 9.32. The molecular formula is C24H20FN7O5S. The first-order chi connectivity index (χ1) is 18.1. The van der Waals surface area contributed by atoms with Crippen LogP contribution in [-0.4, -0.2) is 51.1 Å². The fourth-order valence-electron chi connectivity index (χ4n) is 4.09. The molecule has 2 aromatic carbocycles. The van der Waals surface area contributed by atoms with E-state index < -0.39 is 33.4 Å². The minimum atomic E-state index is -3.73. The van der Waals surface area contributed by atoms with E-state index in [0.717, 1.165) is 6.33 Å². The quantitative estimate of drug-likeness (QED) is 0.283. The number of nitrogens with zero attached hydrogens (tertiary/aromatic N) is 3. The number of hydrogen-bond donors (Lipinski definition) is 4. The molecule has 12 nitrogen and oxygen atoms in total. The third-order valence-electron chi connectivity index (χ3n) is 6.00. The Morgan fingerprint density at radius 2 is 1.84 bits per heavy atom. The number of benzene rings is 2. The summed E-state index contributed by atoms with van der Waals surface area (Å²) < 4.78 is 39.0. The number of hydrogen-bond acceptors (Lipinski definition) is 8. The van der Waals surface area contributed by atoms with Crippen LogP contribution in [0.3, 0.4) is 0 Å². The van der Waals surface area contributed by atoms with E-state index in [9.17, 15) is 27.2 Å². The van der Waals surface area contributed by atoms with E-state index in [1.165, 1.54) is 18.2 Å². The molecule has 5 rings (SSSR count). The van der Waals surface area contributed by atoms with Crippen molar-refractivity contribution in [1.82, 2.24) is 35.8 Å². The minimum Gasteiger partial charge on any atom is -0.347 e. The van der Waals surface area contributed by atoms with Gasteiger partial charge in [0, 0.05) is 18.2 Å². The predicted octanol–water partition coefficient (Wildman–Crippen LogP) is 1.19. The van der Waals surface area contributed by atoms with E-state index in [-0.39, 0.29) is 40.2 Å². The van der Waals surface area contributed by atoms with Gasteiger partial charge in [0.2, 0.25) is 0 Å². The van der Waals surface area contributed by atoms with Crippen molar-refractivity contribution >= 4 is 21.7 Å². The van der Waals surface area contributed by atoms with Crippen molar-refractivity contribution in [3.05, 3.63) is 93.2 Å². The number of aromatic nitrogens is 5. The number of halogens is 1. The third-order valence-corrected chi connectivity index (χ3v) is 7.79. The average molecular weight is 538 g/mol. The molecule has 2 amide bonds. The molecule has 1 aliphatic heterocycles. The third kappa shape index (κ3) is 4.93. The van der Waals surface area contributed by atoms with E-state index in [2.05, 4.69) is 35.8 Å². The zero-order chi connectivity index (χ0) is 27.0. The van der Waals surface area contributed by atoms with Crippen LogP contribution >= 0.6 is 0 Å². The highest BCUT2D eigenvalue weighted by Gasteiger charge is 2.36. The number of aryl methyl sites for hydroxylation is 1. The van der Waals surface area contributed by atoms with Gasteiger partial charge in [-0.1, -0.05) is 24.3 Å². The molecule has 0 fully saturated rings. The van der Waals surface area contributed by atoms with E-state index in [1.807, 2.05) is 0 Å². The Balaban J connectivity index is 1.30. The number of amides is 2. The van der Waals surface area contributed by atoms with Gasteiger partial charge in [-0.2, -0.15) is 5.10 Å². The Morgan fingerprint density at radius 3 is 2.55 bits per heavy atom. The molecule has 4 N–H and O–H groups in total. The Morgan fingerprint density at radius 1 is 1.08 bits per heavy atom. The summed E-state index contributed by atoms with van der Waals surface area (Å²) in [5, 5.41) is 11.3. The van der Waals surface area contributed by atoms with Gasteiger partial charge < -0.3 is 10.6 Å². The van der Waals surface area contributed by atoms with Gasteiger partial charge in [-0.15, -0.1) is 0 Å². The van der Waals surface area contributed by atoms with Gasteiger partial charge in [-0.05, 0) is 35.7 Å². The second-order valence-corrected chi connectivity index (χ2v) is 10.6. The highest BCUT2D eigenvalue weighted by Crippen LogP contribution is 2.35. The summed E-state index contributed by atoms with van der Waals surface area (Å²) in [5.41, 5.74) is 1.17. The molecule has 1 aliphatic rings. The maximum atomic E-state index is 13.5. The predicted molar refractivity (Wildman–Crippen MR) is 131 cm³/mol. The fraction of sp³-hybridized carbons (Fsp3) is 0.167. The van der Waals surface area contributed by atoms with Crippen molar-refractivity contribution in [3.8, 4) is 11.4 Å². The molecule has 194 valence electrons. The number of fused-ring (bicyclic) bond motifs is 1. The van der Waals surface area contributed by atoms with Gasteiger partial charge in [0.05, 0.1) is 16.7 Å². The van der Waals surface area contributed by atoms with Crippen molar-refractivity contribution in [1.29, 1.82) is 0 Å².